The zero-order chi connectivity index (χ0) is 16.1. The molecule has 2 aromatic rings. The number of fused-ring (bicyclic) bond motifs is 3. The Kier molecular flexibility index (Phi) is 3.13. The van der Waals surface area contributed by atoms with E-state index in [1.165, 1.54) is 30.3 Å². The van der Waals surface area contributed by atoms with Crippen LogP contribution in [-0.2, 0) is 15.6 Å². The summed E-state index contributed by atoms with van der Waals surface area (Å²) in [6.45, 7) is 0. The zero-order valence-electron chi connectivity index (χ0n) is 10.7. The molecule has 114 valence electrons. The van der Waals surface area contributed by atoms with Gasteiger partial charge in [0.25, 0.3) is 0 Å². The highest BCUT2D eigenvalue weighted by Crippen LogP contribution is 2.44. The number of carboxylic acids is 1. The first-order valence-electron chi connectivity index (χ1n) is 5.99. The summed E-state index contributed by atoms with van der Waals surface area (Å²) in [5.74, 6) is -2.85. The van der Waals surface area contributed by atoms with Gasteiger partial charge in [-0.05, 0) is 36.4 Å². The van der Waals surface area contributed by atoms with E-state index >= 15 is 0 Å². The quantitative estimate of drug-likeness (QED) is 0.773. The summed E-state index contributed by atoms with van der Waals surface area (Å²) < 4.78 is 42.6. The average Bonchev–Trinajstić information content (AvgIpc) is 2.71. The second kappa shape index (κ2) is 4.77. The molecule has 8 heteroatoms. The monoisotopic (exact) mass is 326 g/mol. The molecule has 5 nitrogen and oxygen atoms in total. The lowest BCUT2D eigenvalue weighted by atomic mass is 10.1. The molecule has 2 aromatic carbocycles. The van der Waals surface area contributed by atoms with Crippen molar-refractivity contribution in [3.05, 3.63) is 36.4 Å². The predicted molar refractivity (Wildman–Crippen MR) is 71.4 cm³/mol. The summed E-state index contributed by atoms with van der Waals surface area (Å²) in [6.07, 6.45) is -4.37. The lowest BCUT2D eigenvalue weighted by molar-refractivity contribution is -0.210. The Morgan fingerprint density at radius 2 is 1.68 bits per heavy atom. The van der Waals surface area contributed by atoms with E-state index in [0.717, 1.165) is 6.07 Å². The summed E-state index contributed by atoms with van der Waals surface area (Å²) in [6, 6.07) is 7.84. The number of phenols is 1. The molecule has 0 bridgehead atoms. The maximum absolute atomic E-state index is 13.1. The highest BCUT2D eigenvalue weighted by molar-refractivity contribution is 7.85. The molecule has 1 aliphatic heterocycles. The number of aliphatic carboxylic acids is 1. The molecule has 1 atom stereocenters. The van der Waals surface area contributed by atoms with E-state index in [-0.39, 0.29) is 11.5 Å². The zero-order valence-corrected chi connectivity index (χ0v) is 11.6. The molecule has 22 heavy (non-hydrogen) atoms. The third-order valence-corrected chi connectivity index (χ3v) is 4.61. The van der Waals surface area contributed by atoms with Crippen molar-refractivity contribution >= 4 is 16.8 Å². The first-order valence-corrected chi connectivity index (χ1v) is 7.14. The van der Waals surface area contributed by atoms with Crippen LogP contribution in [-0.4, -0.2) is 26.5 Å². The van der Waals surface area contributed by atoms with Crippen LogP contribution in [0.2, 0.25) is 0 Å². The van der Waals surface area contributed by atoms with Gasteiger partial charge in [0, 0.05) is 11.1 Å². The Labute approximate surface area is 125 Å². The molecule has 3 rings (SSSR count). The second-order valence-corrected chi connectivity index (χ2v) is 5.95. The van der Waals surface area contributed by atoms with Gasteiger partial charge in [-0.3, -0.25) is 0 Å². The Morgan fingerprint density at radius 1 is 1.09 bits per heavy atom. The molecule has 0 saturated heterocycles. The van der Waals surface area contributed by atoms with E-state index in [1.54, 1.807) is 0 Å². The lowest BCUT2D eigenvalue weighted by Crippen LogP contribution is -2.34. The van der Waals surface area contributed by atoms with Gasteiger partial charge in [0.15, 0.2) is 0 Å². The third kappa shape index (κ3) is 2.21. The molecular weight excluding hydrogens is 318 g/mol. The Bertz CT molecular complexity index is 819. The molecule has 0 amide bonds. The van der Waals surface area contributed by atoms with Crippen molar-refractivity contribution in [1.29, 1.82) is 0 Å². The maximum atomic E-state index is 13.1. The van der Waals surface area contributed by atoms with E-state index in [9.17, 15) is 22.9 Å². The fraction of sp³-hybridized carbons (Fsp3) is 0.0714. The number of halogens is 2. The number of hydrogen-bond donors (Lipinski definition) is 2. The number of ether oxygens (including phenoxy) is 1. The van der Waals surface area contributed by atoms with Crippen LogP contribution in [0, 0.1) is 0 Å². The van der Waals surface area contributed by atoms with Gasteiger partial charge < -0.3 is 14.9 Å². The van der Waals surface area contributed by atoms with E-state index in [2.05, 4.69) is 4.74 Å². The first kappa shape index (κ1) is 14.5. The van der Waals surface area contributed by atoms with E-state index in [1.807, 2.05) is 0 Å². The van der Waals surface area contributed by atoms with Crippen molar-refractivity contribution in [3.63, 3.8) is 0 Å². The molecule has 0 fully saturated rings. The number of hydrogen-bond acceptors (Lipinski definition) is 4. The second-order valence-electron chi connectivity index (χ2n) is 4.53. The molecule has 0 spiro atoms. The van der Waals surface area contributed by atoms with E-state index in [4.69, 9.17) is 5.11 Å². The summed E-state index contributed by atoms with van der Waals surface area (Å²) in [7, 11) is -1.49. The van der Waals surface area contributed by atoms with Crippen LogP contribution in [0.3, 0.4) is 0 Å². The molecule has 2 N–H and O–H groups in total. The number of rotatable bonds is 3. The van der Waals surface area contributed by atoms with Crippen molar-refractivity contribution in [2.75, 3.05) is 0 Å². The minimum atomic E-state index is -4.37. The van der Waals surface area contributed by atoms with Gasteiger partial charge in [-0.15, -0.1) is 0 Å². The highest BCUT2D eigenvalue weighted by Gasteiger charge is 2.42. The van der Waals surface area contributed by atoms with Gasteiger partial charge >= 0.3 is 12.1 Å². The summed E-state index contributed by atoms with van der Waals surface area (Å²) >= 11 is 0. The minimum Gasteiger partial charge on any atom is -0.508 e. The van der Waals surface area contributed by atoms with Crippen molar-refractivity contribution in [3.8, 4) is 22.6 Å². The summed E-state index contributed by atoms with van der Waals surface area (Å²) in [4.78, 5) is 11.2. The molecule has 0 aliphatic carbocycles. The van der Waals surface area contributed by atoms with Gasteiger partial charge in [-0.1, -0.05) is 0 Å². The summed E-state index contributed by atoms with van der Waals surface area (Å²) in [5, 5.41) is 17.9. The van der Waals surface area contributed by atoms with E-state index in [0.29, 0.717) is 20.9 Å². The standard InChI is InChI=1S/C14H8F2O5S/c15-14(16,13(18)19)21-8-2-4-12-10(6-8)9-5-7(17)1-3-11(9)22(12)20/h1-6,17H,(H,18,19). The van der Waals surface area contributed by atoms with Gasteiger partial charge in [0.1, 0.15) is 11.5 Å². The molecule has 1 aliphatic rings. The number of carboxylic acid groups (broad SMARTS) is 1. The SMILES string of the molecule is O=C(O)C(F)(F)Oc1ccc2c(c1)-c1cc(O)ccc1S2=O. The minimum absolute atomic E-state index is 0.0641. The molecule has 0 saturated carbocycles. The lowest BCUT2D eigenvalue weighted by Gasteiger charge is -2.13. The van der Waals surface area contributed by atoms with Crippen LogP contribution in [0.25, 0.3) is 11.1 Å². The van der Waals surface area contributed by atoms with Crippen LogP contribution in [0.4, 0.5) is 8.78 Å². The fourth-order valence-corrected chi connectivity index (χ4v) is 3.50. The van der Waals surface area contributed by atoms with Crippen molar-refractivity contribution in [2.45, 2.75) is 15.9 Å². The highest BCUT2D eigenvalue weighted by atomic mass is 32.2. The van der Waals surface area contributed by atoms with Gasteiger partial charge in [-0.2, -0.15) is 8.78 Å². The van der Waals surface area contributed by atoms with Crippen LogP contribution in [0.5, 0.6) is 11.5 Å². The normalized spacial score (nSPS) is 16.0. The van der Waals surface area contributed by atoms with Crippen LogP contribution in [0.1, 0.15) is 0 Å². The van der Waals surface area contributed by atoms with Crippen molar-refractivity contribution in [2.24, 2.45) is 0 Å². The van der Waals surface area contributed by atoms with Crippen LogP contribution in [0.15, 0.2) is 46.2 Å². The van der Waals surface area contributed by atoms with Crippen molar-refractivity contribution < 1.29 is 32.7 Å². The van der Waals surface area contributed by atoms with Gasteiger partial charge in [0.2, 0.25) is 0 Å². The van der Waals surface area contributed by atoms with Crippen LogP contribution >= 0.6 is 0 Å². The smallest absolute Gasteiger partial charge is 0.501 e. The van der Waals surface area contributed by atoms with E-state index < -0.39 is 22.9 Å². The van der Waals surface area contributed by atoms with Gasteiger partial charge in [-0.25, -0.2) is 9.00 Å². The Morgan fingerprint density at radius 3 is 2.32 bits per heavy atom. The number of phenolic OH excluding ortho intramolecular Hbond substituents is 1. The van der Waals surface area contributed by atoms with Gasteiger partial charge in [0.05, 0.1) is 20.6 Å². The fourth-order valence-electron chi connectivity index (χ4n) is 2.14. The predicted octanol–water partition coefficient (Wildman–Crippen LogP) is 2.60. The molecule has 1 heterocycles. The topological polar surface area (TPSA) is 83.8 Å². The molecular formula is C14H8F2O5S. The molecule has 0 radical (unpaired) electrons. The Hall–Kier alpha value is -2.48. The molecule has 1 unspecified atom stereocenters. The largest absolute Gasteiger partial charge is 0.508 e. The van der Waals surface area contributed by atoms with Crippen LogP contribution < -0.4 is 4.74 Å². The number of alkyl halides is 2. The molecule has 0 aromatic heterocycles. The Balaban J connectivity index is 2.07. The number of benzene rings is 2. The summed E-state index contributed by atoms with van der Waals surface area (Å²) in [5.41, 5.74) is 0.778. The number of carbonyl (C=O) groups is 1. The van der Waals surface area contributed by atoms with Crippen molar-refractivity contribution in [1.82, 2.24) is 0 Å². The first-order chi connectivity index (χ1) is 10.3. The average molecular weight is 326 g/mol. The maximum Gasteiger partial charge on any atom is 0.501 e. The third-order valence-electron chi connectivity index (χ3n) is 3.10. The number of aromatic hydroxyl groups is 1.